The number of aromatic nitrogens is 9. The molecule has 0 spiro atoms. The molecule has 21 aromatic rings. The smallest absolute Gasteiger partial charge is 0.164 e. The fourth-order valence-corrected chi connectivity index (χ4v) is 28.9. The summed E-state index contributed by atoms with van der Waals surface area (Å²) in [7, 11) is -5.47. The van der Waals surface area contributed by atoms with Crippen molar-refractivity contribution in [2.45, 2.75) is 39.3 Å². The van der Waals surface area contributed by atoms with Crippen molar-refractivity contribution in [1.82, 2.24) is 44.9 Å². The molecule has 0 amide bonds. The maximum atomic E-state index is 5.19. The number of rotatable bonds is 15. The second-order valence-corrected chi connectivity index (χ2v) is 49.3. The minimum absolute atomic E-state index is 0.662. The van der Waals surface area contributed by atoms with Gasteiger partial charge in [-0.25, -0.2) is 44.9 Å². The maximum absolute atomic E-state index is 5.19. The Bertz CT molecular complexity index is 8020. The first kappa shape index (κ1) is 84.2. The Morgan fingerprint density at radius 1 is 0.119 bits per heavy atom. The van der Waals surface area contributed by atoms with Crippen LogP contribution in [-0.2, 0) is 0 Å². The minimum Gasteiger partial charge on any atom is -0.208 e. The zero-order valence-corrected chi connectivity index (χ0v) is 78.8. The van der Waals surface area contributed by atoms with E-state index in [1.54, 1.807) is 0 Å². The van der Waals surface area contributed by atoms with Gasteiger partial charge in [0.1, 0.15) is 24.2 Å². The van der Waals surface area contributed by atoms with E-state index in [2.05, 4.69) is 458 Å². The van der Waals surface area contributed by atoms with Crippen LogP contribution in [0.3, 0.4) is 0 Å². The molecule has 9 nitrogen and oxygen atoms in total. The summed E-state index contributed by atoms with van der Waals surface area (Å²) >= 11 is 0. The van der Waals surface area contributed by atoms with E-state index in [0.717, 1.165) is 100 Å². The van der Waals surface area contributed by atoms with Crippen molar-refractivity contribution in [1.29, 1.82) is 0 Å². The van der Waals surface area contributed by atoms with Crippen molar-refractivity contribution in [2.75, 3.05) is 0 Å². The maximum Gasteiger partial charge on any atom is 0.164 e. The van der Waals surface area contributed by atoms with Gasteiger partial charge in [-0.15, -0.1) is 0 Å². The topological polar surface area (TPSA) is 116 Å². The van der Waals surface area contributed by atoms with Gasteiger partial charge < -0.3 is 0 Å². The number of hydrogen-bond acceptors (Lipinski definition) is 9. The van der Waals surface area contributed by atoms with Crippen molar-refractivity contribution in [2.24, 2.45) is 0 Å². The summed E-state index contributed by atoms with van der Waals surface area (Å²) in [6.45, 7) is 14.6. The molecule has 0 fully saturated rings. The Kier molecular flexibility index (Phi) is 22.3. The highest BCUT2D eigenvalue weighted by Crippen LogP contribution is 2.41. The number of nitrogens with zero attached hydrogens (tertiary/aromatic N) is 9. The molecule has 0 saturated carbocycles. The van der Waals surface area contributed by atoms with Crippen LogP contribution in [0.1, 0.15) is 0 Å². The lowest BCUT2D eigenvalue weighted by molar-refractivity contribution is 1.07. The first-order valence-corrected chi connectivity index (χ1v) is 55.1. The molecule has 12 heteroatoms. The number of fused-ring (bicyclic) bond motifs is 9. The van der Waals surface area contributed by atoms with Crippen LogP contribution in [0.5, 0.6) is 0 Å². The second kappa shape index (κ2) is 35.7. The summed E-state index contributed by atoms with van der Waals surface area (Å²) in [6.07, 6.45) is 0. The predicted octanol–water partition coefficient (Wildman–Crippen LogP) is 27.0. The van der Waals surface area contributed by atoms with E-state index in [-0.39, 0.29) is 0 Å². The molecule has 3 aliphatic rings. The first-order valence-electron chi connectivity index (χ1n) is 46.1. The standard InChI is InChI=1S/3C41H31N3Si/c1-45(2)36-21-10-9-19-34(36)38-35(20-12-22-37(38)45)41-43-39(31-25-23-30(24-26-31)28-13-5-3-6-14-28)42-40(44-41)33-18-11-17-32(27-33)29-15-7-4-8-16-29;1-45(2)37-19-10-9-18-35(37)36-27-34(24-25-38(36)45)41-43-39(31-22-20-30(21-23-31)28-12-5-3-6-13-28)42-40(44-41)33-17-11-16-32(26-33)29-14-7-4-8-15-29;1-45(2)37-19-10-9-18-35(37)36-25-24-34(27-38(36)45)41-43-39(31-22-20-30(21-23-31)28-12-5-3-6-13-28)42-40(44-41)33-17-11-16-32(26-33)29-14-7-4-8-15-29/h3*3-27H,1-2H3. The Morgan fingerprint density at radius 2 is 0.326 bits per heavy atom. The van der Waals surface area contributed by atoms with Crippen LogP contribution in [0.4, 0.5) is 0 Å². The monoisotopic (exact) mass is 1780 g/mol. The molecular formula is C123H93N9Si3. The van der Waals surface area contributed by atoms with E-state index in [1.165, 1.54) is 81.2 Å². The van der Waals surface area contributed by atoms with Gasteiger partial charge in [-0.3, -0.25) is 0 Å². The second-order valence-electron chi connectivity index (χ2n) is 36.3. The average molecular weight is 1780 g/mol. The molecule has 0 radical (unpaired) electrons. The Balaban J connectivity index is 0.000000118. The molecule has 135 heavy (non-hydrogen) atoms. The summed E-state index contributed by atoms with van der Waals surface area (Å²) < 4.78 is 0. The molecule has 0 aliphatic carbocycles. The Hall–Kier alpha value is -16.4. The molecule has 642 valence electrons. The molecule has 3 aliphatic heterocycles. The lowest BCUT2D eigenvalue weighted by atomic mass is 9.99. The van der Waals surface area contributed by atoms with Crippen LogP contribution < -0.4 is 31.1 Å². The van der Waals surface area contributed by atoms with Gasteiger partial charge in [0.2, 0.25) is 0 Å². The van der Waals surface area contributed by atoms with Gasteiger partial charge in [-0.05, 0) is 156 Å². The van der Waals surface area contributed by atoms with E-state index in [1.807, 2.05) is 36.4 Å². The molecule has 6 heterocycles. The van der Waals surface area contributed by atoms with Crippen LogP contribution >= 0.6 is 0 Å². The molecule has 0 bridgehead atoms. The SMILES string of the molecule is C[Si]1(C)c2ccccc2-c2c(-c3nc(-c4ccc(-c5ccccc5)cc4)nc(-c4cccc(-c5ccccc5)c4)n3)cccc21.C[Si]1(C)c2ccccc2-c2cc(-c3nc(-c4ccc(-c5ccccc5)cc4)nc(-c4cccc(-c5ccccc5)c4)n3)ccc21.C[Si]1(C)c2ccccc2-c2ccc(-c3nc(-c4ccc(-c5ccccc5)cc4)nc(-c4cccc(-c5ccccc5)c4)n3)cc21. The highest BCUT2D eigenvalue weighted by atomic mass is 28.3. The summed E-state index contributed by atoms with van der Waals surface area (Å²) in [5, 5.41) is 8.78. The minimum atomic E-state index is -1.86. The number of hydrogen-bond donors (Lipinski definition) is 0. The fraction of sp³-hybridized carbons (Fsp3) is 0.0488. The lowest BCUT2D eigenvalue weighted by Gasteiger charge is -2.19. The van der Waals surface area contributed by atoms with E-state index in [0.29, 0.717) is 52.4 Å². The summed E-state index contributed by atoms with van der Waals surface area (Å²) in [5.41, 5.74) is 30.7. The van der Waals surface area contributed by atoms with Gasteiger partial charge >= 0.3 is 0 Å². The van der Waals surface area contributed by atoms with E-state index in [9.17, 15) is 0 Å². The van der Waals surface area contributed by atoms with E-state index in [4.69, 9.17) is 44.9 Å². The van der Waals surface area contributed by atoms with Crippen LogP contribution in [-0.4, -0.2) is 69.1 Å². The van der Waals surface area contributed by atoms with Crippen LogP contribution in [0.15, 0.2) is 455 Å². The largest absolute Gasteiger partial charge is 0.208 e. The van der Waals surface area contributed by atoms with Gasteiger partial charge in [0.15, 0.2) is 52.4 Å². The third-order valence-electron chi connectivity index (χ3n) is 26.9. The van der Waals surface area contributed by atoms with Crippen molar-refractivity contribution in [3.8, 4) is 203 Å². The van der Waals surface area contributed by atoms with Crippen LogP contribution in [0, 0.1) is 0 Å². The highest BCUT2D eigenvalue weighted by Gasteiger charge is 2.41. The summed E-state index contributed by atoms with van der Waals surface area (Å²) in [5.74, 6) is 6.06. The lowest BCUT2D eigenvalue weighted by Crippen LogP contribution is -2.49. The molecule has 0 unspecified atom stereocenters. The van der Waals surface area contributed by atoms with Crippen molar-refractivity contribution in [3.63, 3.8) is 0 Å². The predicted molar refractivity (Wildman–Crippen MR) is 568 cm³/mol. The highest BCUT2D eigenvalue weighted by molar-refractivity contribution is 7.05. The molecule has 0 atom stereocenters. The molecule has 0 saturated heterocycles. The van der Waals surface area contributed by atoms with Crippen molar-refractivity contribution >= 4 is 55.3 Å². The molecular weight excluding hydrogens is 1690 g/mol. The van der Waals surface area contributed by atoms with Gasteiger partial charge in [0, 0.05) is 50.1 Å². The third-order valence-corrected chi connectivity index (χ3v) is 37.5. The first-order chi connectivity index (χ1) is 66.1. The fourth-order valence-electron chi connectivity index (χ4n) is 19.7. The summed E-state index contributed by atoms with van der Waals surface area (Å²) in [6, 6.07) is 160. The third kappa shape index (κ3) is 16.5. The molecule has 0 N–H and O–H groups in total. The zero-order chi connectivity index (χ0) is 91.1. The number of benzene rings is 18. The zero-order valence-electron chi connectivity index (χ0n) is 75.8. The Morgan fingerprint density at radius 3 is 0.704 bits per heavy atom. The van der Waals surface area contributed by atoms with Gasteiger partial charge in [-0.2, -0.15) is 0 Å². The van der Waals surface area contributed by atoms with Gasteiger partial charge in [-0.1, -0.05) is 470 Å². The molecule has 24 rings (SSSR count). The molecule has 18 aromatic carbocycles. The van der Waals surface area contributed by atoms with Gasteiger partial charge in [0.05, 0.1) is 0 Å². The van der Waals surface area contributed by atoms with E-state index < -0.39 is 24.2 Å². The Labute approximate surface area is 791 Å². The van der Waals surface area contributed by atoms with Crippen molar-refractivity contribution in [3.05, 3.63) is 455 Å². The van der Waals surface area contributed by atoms with Crippen LogP contribution in [0.2, 0.25) is 39.3 Å². The average Bonchev–Trinajstić information content (AvgIpc) is 1.58. The van der Waals surface area contributed by atoms with Gasteiger partial charge in [0.25, 0.3) is 0 Å². The normalized spacial score (nSPS) is 12.8. The van der Waals surface area contributed by atoms with Crippen molar-refractivity contribution < 1.29 is 0 Å². The quantitative estimate of drug-likeness (QED) is 0.0925. The van der Waals surface area contributed by atoms with E-state index >= 15 is 0 Å². The van der Waals surface area contributed by atoms with Crippen LogP contribution in [0.25, 0.3) is 203 Å². The summed E-state index contributed by atoms with van der Waals surface area (Å²) in [4.78, 5) is 46.0. The molecule has 3 aromatic heterocycles.